The first-order valence-corrected chi connectivity index (χ1v) is 11.1. The van der Waals surface area contributed by atoms with Crippen LogP contribution in [0.3, 0.4) is 0 Å². The van der Waals surface area contributed by atoms with E-state index in [2.05, 4.69) is 4.98 Å². The number of amides is 1. The van der Waals surface area contributed by atoms with Gasteiger partial charge in [-0.05, 0) is 30.5 Å². The van der Waals surface area contributed by atoms with E-state index in [0.717, 1.165) is 5.69 Å². The number of hydrogen-bond acceptors (Lipinski definition) is 6. The topological polar surface area (TPSA) is 109 Å². The molecule has 0 unspecified atom stereocenters. The molecule has 1 aliphatic rings. The summed E-state index contributed by atoms with van der Waals surface area (Å²) in [5.41, 5.74) is 2.96. The van der Waals surface area contributed by atoms with Crippen molar-refractivity contribution in [3.63, 3.8) is 0 Å². The van der Waals surface area contributed by atoms with Crippen LogP contribution in [0, 0.1) is 0 Å². The van der Waals surface area contributed by atoms with Crippen molar-refractivity contribution >= 4 is 15.9 Å². The highest BCUT2D eigenvalue weighted by Gasteiger charge is 2.33. The smallest absolute Gasteiger partial charge is 0.251 e. The van der Waals surface area contributed by atoms with Crippen molar-refractivity contribution in [3.05, 3.63) is 66.0 Å². The van der Waals surface area contributed by atoms with Crippen LogP contribution in [0.4, 0.5) is 0 Å². The van der Waals surface area contributed by atoms with Crippen molar-refractivity contribution in [3.8, 4) is 0 Å². The fourth-order valence-electron chi connectivity index (χ4n) is 3.37. The Morgan fingerprint density at radius 2 is 1.86 bits per heavy atom. The summed E-state index contributed by atoms with van der Waals surface area (Å²) in [5.74, 6) is -2.12. The molecular formula is C20H25N3O5S. The van der Waals surface area contributed by atoms with Gasteiger partial charge in [0.15, 0.2) is 0 Å². The predicted octanol–water partition coefficient (Wildman–Crippen LogP) is 1.68. The largest absolute Gasteiger partial charge is 0.372 e. The van der Waals surface area contributed by atoms with Crippen LogP contribution in [0.15, 0.2) is 54.7 Å². The Morgan fingerprint density at radius 1 is 1.17 bits per heavy atom. The van der Waals surface area contributed by atoms with Crippen LogP contribution in [0.2, 0.25) is 0 Å². The van der Waals surface area contributed by atoms with Crippen LogP contribution in [0.1, 0.15) is 30.0 Å². The minimum absolute atomic E-state index is 0.0332. The van der Waals surface area contributed by atoms with Crippen LogP contribution in [-0.4, -0.2) is 53.8 Å². The number of nitrogens with zero attached hydrogens (tertiary/aromatic N) is 2. The molecule has 1 aromatic heterocycles. The first-order valence-electron chi connectivity index (χ1n) is 9.48. The number of pyridine rings is 1. The molecule has 8 nitrogen and oxygen atoms in total. The Hall–Kier alpha value is -2.33. The van der Waals surface area contributed by atoms with Gasteiger partial charge in [0.25, 0.3) is 5.91 Å². The second-order valence-electron chi connectivity index (χ2n) is 6.95. The van der Waals surface area contributed by atoms with E-state index in [1.165, 1.54) is 4.31 Å². The van der Waals surface area contributed by atoms with Crippen molar-refractivity contribution in [2.75, 3.05) is 18.8 Å². The van der Waals surface area contributed by atoms with E-state index in [-0.39, 0.29) is 6.10 Å². The molecule has 1 aromatic carbocycles. The molecule has 1 fully saturated rings. The van der Waals surface area contributed by atoms with Crippen LogP contribution in [-0.2, 0) is 26.2 Å². The quantitative estimate of drug-likeness (QED) is 0.498. The molecule has 1 aliphatic heterocycles. The monoisotopic (exact) mass is 419 g/mol. The lowest BCUT2D eigenvalue weighted by Crippen LogP contribution is -2.44. The van der Waals surface area contributed by atoms with E-state index in [0.29, 0.717) is 38.1 Å². The van der Waals surface area contributed by atoms with E-state index in [4.69, 9.17) is 9.94 Å². The summed E-state index contributed by atoms with van der Waals surface area (Å²) in [7, 11) is -3.68. The molecule has 3 rings (SSSR count). The summed E-state index contributed by atoms with van der Waals surface area (Å²) in [6.45, 7) is 1.06. The normalized spacial score (nSPS) is 17.0. The number of ether oxygens (including phenoxy) is 1. The summed E-state index contributed by atoms with van der Waals surface area (Å²) in [4.78, 5) is 16.3. The lowest BCUT2D eigenvalue weighted by molar-refractivity contribution is -0.130. The molecule has 0 spiro atoms. The maximum Gasteiger partial charge on any atom is 0.251 e. The van der Waals surface area contributed by atoms with Crippen molar-refractivity contribution < 1.29 is 23.2 Å². The van der Waals surface area contributed by atoms with E-state index in [1.807, 2.05) is 18.2 Å². The molecule has 0 saturated carbocycles. The van der Waals surface area contributed by atoms with Gasteiger partial charge < -0.3 is 4.74 Å². The zero-order valence-corrected chi connectivity index (χ0v) is 16.8. The van der Waals surface area contributed by atoms with Crippen LogP contribution >= 0.6 is 0 Å². The van der Waals surface area contributed by atoms with Gasteiger partial charge in [0, 0.05) is 19.3 Å². The number of rotatable bonds is 8. The van der Waals surface area contributed by atoms with Crippen LogP contribution in [0.5, 0.6) is 0 Å². The standard InChI is InChI=1S/C20H25N3O5S/c24-20(22-25)19(16-6-2-1-3-7-16)15-29(26,27)23-12-9-18(10-13-23)28-14-17-8-4-5-11-21-17/h1-8,11,18-19,25H,9-10,12-15H2,(H,22,24)/t19-/m1/s1. The Bertz CT molecular complexity index is 885. The van der Waals surface area contributed by atoms with Gasteiger partial charge in [-0.1, -0.05) is 36.4 Å². The molecule has 0 bridgehead atoms. The van der Waals surface area contributed by atoms with E-state index in [9.17, 15) is 13.2 Å². The van der Waals surface area contributed by atoms with Gasteiger partial charge in [-0.25, -0.2) is 18.2 Å². The SMILES string of the molecule is O=C(NO)[C@H](CS(=O)(=O)N1CCC(OCc2ccccn2)CC1)c1ccccc1. The average Bonchev–Trinajstić information content (AvgIpc) is 2.77. The third-order valence-corrected chi connectivity index (χ3v) is 6.90. The van der Waals surface area contributed by atoms with Crippen molar-refractivity contribution in [2.24, 2.45) is 0 Å². The molecule has 1 atom stereocenters. The molecule has 0 radical (unpaired) electrons. The van der Waals surface area contributed by atoms with Gasteiger partial charge >= 0.3 is 0 Å². The summed E-state index contributed by atoms with van der Waals surface area (Å²) in [6, 6.07) is 14.2. The fourth-order valence-corrected chi connectivity index (χ4v) is 5.11. The third kappa shape index (κ3) is 5.83. The summed E-state index contributed by atoms with van der Waals surface area (Å²) in [5, 5.41) is 9.03. The molecule has 0 aliphatic carbocycles. The second kappa shape index (κ2) is 9.93. The van der Waals surface area contributed by atoms with Crippen molar-refractivity contribution in [2.45, 2.75) is 31.5 Å². The Labute approximate surface area is 170 Å². The number of sulfonamides is 1. The highest BCUT2D eigenvalue weighted by molar-refractivity contribution is 7.89. The first-order chi connectivity index (χ1) is 14.0. The second-order valence-corrected chi connectivity index (χ2v) is 8.96. The summed E-state index contributed by atoms with van der Waals surface area (Å²) >= 11 is 0. The van der Waals surface area contributed by atoms with E-state index < -0.39 is 27.6 Å². The minimum atomic E-state index is -3.68. The minimum Gasteiger partial charge on any atom is -0.372 e. The Morgan fingerprint density at radius 3 is 2.48 bits per heavy atom. The van der Waals surface area contributed by atoms with Gasteiger partial charge in [-0.2, -0.15) is 0 Å². The van der Waals surface area contributed by atoms with Crippen molar-refractivity contribution in [1.82, 2.24) is 14.8 Å². The predicted molar refractivity (Wildman–Crippen MR) is 107 cm³/mol. The maximum absolute atomic E-state index is 12.9. The van der Waals surface area contributed by atoms with E-state index in [1.54, 1.807) is 42.0 Å². The van der Waals surface area contributed by atoms with E-state index >= 15 is 0 Å². The number of hydroxylamine groups is 1. The molecule has 1 amide bonds. The lowest BCUT2D eigenvalue weighted by atomic mass is 10.0. The maximum atomic E-state index is 12.9. The first kappa shape index (κ1) is 21.4. The number of carbonyl (C=O) groups is 1. The number of piperidine rings is 1. The third-order valence-electron chi connectivity index (χ3n) is 4.99. The van der Waals surface area contributed by atoms with Gasteiger partial charge in [0.05, 0.1) is 30.1 Å². The average molecular weight is 420 g/mol. The summed E-state index contributed by atoms with van der Waals surface area (Å²) < 4.78 is 33.0. The zero-order valence-electron chi connectivity index (χ0n) is 16.0. The molecule has 29 heavy (non-hydrogen) atoms. The van der Waals surface area contributed by atoms with Gasteiger partial charge in [0.1, 0.15) is 0 Å². The molecule has 2 aromatic rings. The Kier molecular flexibility index (Phi) is 7.32. The molecule has 2 N–H and O–H groups in total. The lowest BCUT2D eigenvalue weighted by Gasteiger charge is -2.32. The number of benzene rings is 1. The van der Waals surface area contributed by atoms with Crippen molar-refractivity contribution in [1.29, 1.82) is 0 Å². The molecule has 9 heteroatoms. The van der Waals surface area contributed by atoms with Gasteiger partial charge in [-0.3, -0.25) is 15.0 Å². The van der Waals surface area contributed by atoms with Gasteiger partial charge in [-0.15, -0.1) is 0 Å². The number of nitrogens with one attached hydrogen (secondary N) is 1. The highest BCUT2D eigenvalue weighted by Crippen LogP contribution is 2.23. The number of aromatic nitrogens is 1. The zero-order chi connectivity index (χ0) is 20.7. The summed E-state index contributed by atoms with van der Waals surface area (Å²) in [6.07, 6.45) is 2.83. The Balaban J connectivity index is 1.57. The number of hydrogen-bond donors (Lipinski definition) is 2. The molecular weight excluding hydrogens is 394 g/mol. The molecule has 2 heterocycles. The molecule has 156 valence electrons. The van der Waals surface area contributed by atoms with Gasteiger partial charge in [0.2, 0.25) is 10.0 Å². The fraction of sp³-hybridized carbons (Fsp3) is 0.400. The molecule has 1 saturated heterocycles. The van der Waals surface area contributed by atoms with Crippen LogP contribution < -0.4 is 5.48 Å². The highest BCUT2D eigenvalue weighted by atomic mass is 32.2. The van der Waals surface area contributed by atoms with Crippen LogP contribution in [0.25, 0.3) is 0 Å². The number of carbonyl (C=O) groups excluding carboxylic acids is 1.